The van der Waals surface area contributed by atoms with Gasteiger partial charge >= 0.3 is 0 Å². The van der Waals surface area contributed by atoms with Gasteiger partial charge in [-0.2, -0.15) is 15.3 Å². The SMILES string of the molecule is c1cc2nccn2cn1.c1ccc2[nH]ncc2c1.c1ccc2c[nH]cc2c1.c1ccn2cccc2c1.c1ccn2ccnc2c1.c1ccn2cncc2c1.c1ccn2nccc2c1.c1cnn2cccc2c1.c1ncc2[nH]cnc2n1. The van der Waals surface area contributed by atoms with Gasteiger partial charge in [0.2, 0.25) is 0 Å². The summed E-state index contributed by atoms with van der Waals surface area (Å²) in [6.07, 6.45) is 40.4. The molecule has 81 heavy (non-hydrogen) atoms. The summed E-state index contributed by atoms with van der Waals surface area (Å²) in [5.74, 6) is 0. The molecule has 0 amide bonds. The first-order chi connectivity index (χ1) is 40.2. The highest BCUT2D eigenvalue weighted by molar-refractivity contribution is 5.81. The molecule has 0 unspecified atom stereocenters. The van der Waals surface area contributed by atoms with E-state index in [1.807, 2.05) is 242 Å². The van der Waals surface area contributed by atoms with Crippen molar-refractivity contribution in [3.63, 3.8) is 0 Å². The van der Waals surface area contributed by atoms with E-state index >= 15 is 0 Å². The van der Waals surface area contributed by atoms with Gasteiger partial charge in [0.05, 0.1) is 53.3 Å². The molecule has 0 bridgehead atoms. The van der Waals surface area contributed by atoms with Crippen LogP contribution >= 0.6 is 0 Å². The second-order valence-corrected chi connectivity index (χ2v) is 17.1. The minimum Gasteiger partial charge on any atom is -0.366 e. The number of hydrogen-bond donors (Lipinski definition) is 3. The molecule has 16 aromatic heterocycles. The normalized spacial score (nSPS) is 10.2. The van der Waals surface area contributed by atoms with Crippen molar-refractivity contribution in [1.82, 2.24) is 91.9 Å². The van der Waals surface area contributed by atoms with E-state index in [-0.39, 0.29) is 0 Å². The zero-order valence-electron chi connectivity index (χ0n) is 43.5. The van der Waals surface area contributed by atoms with Gasteiger partial charge in [-0.25, -0.2) is 43.9 Å². The van der Waals surface area contributed by atoms with E-state index < -0.39 is 0 Å². The average Bonchev–Trinajstić information content (AvgIpc) is 4.38. The maximum Gasteiger partial charge on any atom is 0.180 e. The Morgan fingerprint density at radius 3 is 1.72 bits per heavy atom. The third-order valence-corrected chi connectivity index (χ3v) is 11.8. The number of aromatic nitrogens is 19. The van der Waals surface area contributed by atoms with Crippen LogP contribution in [-0.2, 0) is 0 Å². The first kappa shape index (κ1) is 52.6. The highest BCUT2D eigenvalue weighted by atomic mass is 15.2. The molecule has 0 spiro atoms. The minimum atomic E-state index is 0.713. The predicted octanol–water partition coefficient (Wildman–Crippen LogP) is 12.1. The van der Waals surface area contributed by atoms with E-state index in [9.17, 15) is 0 Å². The van der Waals surface area contributed by atoms with Crippen molar-refractivity contribution in [2.45, 2.75) is 0 Å². The van der Waals surface area contributed by atoms with Gasteiger partial charge in [0.15, 0.2) is 5.65 Å². The van der Waals surface area contributed by atoms with E-state index in [0.717, 1.165) is 44.3 Å². The van der Waals surface area contributed by atoms with Crippen molar-refractivity contribution in [3.8, 4) is 0 Å². The lowest BCUT2D eigenvalue weighted by Gasteiger charge is -1.88. The van der Waals surface area contributed by atoms with E-state index in [1.54, 1.807) is 56.2 Å². The Bertz CT molecular complexity index is 3470. The Balaban J connectivity index is 0.000000102. The molecule has 0 aliphatic heterocycles. The van der Waals surface area contributed by atoms with Crippen LogP contribution in [0.15, 0.2) is 307 Å². The molecule has 18 aromatic rings. The zero-order valence-corrected chi connectivity index (χ0v) is 43.5. The minimum absolute atomic E-state index is 0.713. The molecule has 0 atom stereocenters. The zero-order chi connectivity index (χ0) is 54.9. The largest absolute Gasteiger partial charge is 0.366 e. The van der Waals surface area contributed by atoms with Gasteiger partial charge in [0, 0.05) is 104 Å². The smallest absolute Gasteiger partial charge is 0.180 e. The molecule has 2 aromatic carbocycles. The maximum atomic E-state index is 4.08. The molecule has 0 radical (unpaired) electrons. The van der Waals surface area contributed by atoms with E-state index in [4.69, 9.17) is 0 Å². The molecule has 18 rings (SSSR count). The monoisotopic (exact) mass is 1060 g/mol. The molecule has 0 saturated heterocycles. The molecule has 16 heterocycles. The lowest BCUT2D eigenvalue weighted by Crippen LogP contribution is -1.84. The summed E-state index contributed by atoms with van der Waals surface area (Å²) >= 11 is 0. The van der Waals surface area contributed by atoms with Crippen molar-refractivity contribution in [2.75, 3.05) is 0 Å². The van der Waals surface area contributed by atoms with Crippen molar-refractivity contribution >= 4 is 66.2 Å². The van der Waals surface area contributed by atoms with E-state index in [1.165, 1.54) is 22.6 Å². The van der Waals surface area contributed by atoms with Crippen LogP contribution in [0, 0.1) is 0 Å². The quantitative estimate of drug-likeness (QED) is 0.131. The highest BCUT2D eigenvalue weighted by Gasteiger charge is 1.93. The Hall–Kier alpha value is -11.9. The van der Waals surface area contributed by atoms with Crippen LogP contribution < -0.4 is 0 Å². The van der Waals surface area contributed by atoms with Gasteiger partial charge in [0.1, 0.15) is 29.5 Å². The van der Waals surface area contributed by atoms with Gasteiger partial charge in [-0.15, -0.1) is 0 Å². The molecule has 0 aliphatic carbocycles. The van der Waals surface area contributed by atoms with Crippen LogP contribution in [0.2, 0.25) is 0 Å². The summed E-state index contributed by atoms with van der Waals surface area (Å²) < 4.78 is 11.6. The summed E-state index contributed by atoms with van der Waals surface area (Å²) in [4.78, 5) is 33.5. The number of pyridine rings is 4. The Morgan fingerprint density at radius 2 is 0.951 bits per heavy atom. The number of imidazole rings is 4. The second kappa shape index (κ2) is 27.8. The van der Waals surface area contributed by atoms with Crippen LogP contribution in [0.1, 0.15) is 0 Å². The van der Waals surface area contributed by atoms with Gasteiger partial charge in [-0.05, 0) is 114 Å². The molecule has 3 N–H and O–H groups in total. The third-order valence-electron chi connectivity index (χ3n) is 11.8. The number of para-hydroxylation sites is 1. The topological polar surface area (TPSA) is 203 Å². The van der Waals surface area contributed by atoms with Crippen LogP contribution in [0.5, 0.6) is 0 Å². The summed E-state index contributed by atoms with van der Waals surface area (Å²) in [7, 11) is 0. The number of nitrogens with one attached hydrogen (secondary N) is 3. The lowest BCUT2D eigenvalue weighted by molar-refractivity contribution is 0.941. The lowest BCUT2D eigenvalue weighted by atomic mass is 10.2. The molecular weight excluding hydrogens is 1010 g/mol. The molecule has 0 saturated carbocycles. The van der Waals surface area contributed by atoms with Crippen LogP contribution in [0.25, 0.3) is 66.2 Å². The van der Waals surface area contributed by atoms with Crippen molar-refractivity contribution < 1.29 is 0 Å². The van der Waals surface area contributed by atoms with Crippen LogP contribution in [-0.4, -0.2) is 91.9 Å². The molecule has 19 heteroatoms. The summed E-state index contributed by atoms with van der Waals surface area (Å²) in [6.45, 7) is 0. The van der Waals surface area contributed by atoms with Crippen molar-refractivity contribution in [2.24, 2.45) is 0 Å². The van der Waals surface area contributed by atoms with Crippen LogP contribution in [0.3, 0.4) is 0 Å². The van der Waals surface area contributed by atoms with Crippen molar-refractivity contribution in [1.29, 1.82) is 0 Å². The highest BCUT2D eigenvalue weighted by Crippen LogP contribution is 2.11. The third kappa shape index (κ3) is 15.0. The fraction of sp³-hybridized carbons (Fsp3) is 0. The summed E-state index contributed by atoms with van der Waals surface area (Å²) in [5.41, 5.74) is 9.27. The van der Waals surface area contributed by atoms with Crippen molar-refractivity contribution in [3.05, 3.63) is 307 Å². The molecule has 19 nitrogen and oxygen atoms in total. The number of benzene rings is 2. The van der Waals surface area contributed by atoms with Gasteiger partial charge in [0.25, 0.3) is 0 Å². The average molecular weight is 1060 g/mol. The molecular formula is C62H53N19. The molecule has 0 fully saturated rings. The van der Waals surface area contributed by atoms with Gasteiger partial charge in [-0.3, -0.25) is 9.50 Å². The number of H-pyrrole nitrogens is 3. The Kier molecular flexibility index (Phi) is 18.0. The first-order valence-electron chi connectivity index (χ1n) is 25.4. The first-order valence-corrected chi connectivity index (χ1v) is 25.4. The predicted molar refractivity (Wildman–Crippen MR) is 317 cm³/mol. The summed E-state index contributed by atoms with van der Waals surface area (Å²) in [5, 5.41) is 18.6. The summed E-state index contributed by atoms with van der Waals surface area (Å²) in [6, 6.07) is 56.2. The number of nitrogens with zero attached hydrogens (tertiary/aromatic N) is 16. The molecule has 0 aliphatic rings. The molecule has 396 valence electrons. The van der Waals surface area contributed by atoms with Crippen LogP contribution in [0.4, 0.5) is 0 Å². The standard InChI is InChI=1S/2C8H7N.5C7H6N2.C6H5N3.C5H4N4/c1-2-6-9-7-3-5-8(9)4-1;1-2-4-8-6-9-5-7(8)3-1;1-3-7-4-2-6-9(7)8-5-1;1-2-6-9-7(3-1)4-5-8-9;1-2-5-9-6-4-8-7(9)3-1;1-2-4-9-6-8-5-7(9)3-1;1-2-4-7-6(3-1)5-8-9-7;1-2-7-5-9-4-3-8-6(1)9;1-4-5(8-2-6-1)9-3-7-4/h1-7H;1-6,9H;4*1-6H;1-5H,(H,8,9);1-5H;1-3H,(H,6,7,8,9). The fourth-order valence-corrected chi connectivity index (χ4v) is 7.79. The fourth-order valence-electron chi connectivity index (χ4n) is 7.79. The Morgan fingerprint density at radius 1 is 0.346 bits per heavy atom. The van der Waals surface area contributed by atoms with Gasteiger partial charge < -0.3 is 23.2 Å². The number of fused-ring (bicyclic) bond motifs is 9. The number of hydrogen-bond acceptors (Lipinski definition) is 10. The number of aromatic amines is 3. The van der Waals surface area contributed by atoms with E-state index in [2.05, 4.69) is 93.9 Å². The number of rotatable bonds is 0. The second-order valence-electron chi connectivity index (χ2n) is 17.1. The Labute approximate surface area is 462 Å². The van der Waals surface area contributed by atoms with E-state index in [0.29, 0.717) is 5.65 Å². The maximum absolute atomic E-state index is 4.08. The van der Waals surface area contributed by atoms with Gasteiger partial charge in [-0.1, -0.05) is 66.7 Å².